The highest BCUT2D eigenvalue weighted by Gasteiger charge is 2.41. The van der Waals surface area contributed by atoms with Gasteiger partial charge in [-0.2, -0.15) is 0 Å². The van der Waals surface area contributed by atoms with E-state index in [4.69, 9.17) is 17.6 Å². The lowest BCUT2D eigenvalue weighted by Crippen LogP contribution is -2.28. The summed E-state index contributed by atoms with van der Waals surface area (Å²) in [7, 11) is 0. The van der Waals surface area contributed by atoms with E-state index < -0.39 is 11.2 Å². The van der Waals surface area contributed by atoms with E-state index in [1.54, 1.807) is 0 Å². The van der Waals surface area contributed by atoms with Crippen molar-refractivity contribution in [1.82, 2.24) is 0 Å². The van der Waals surface area contributed by atoms with Crippen LogP contribution in [0, 0.1) is 24.7 Å². The van der Waals surface area contributed by atoms with E-state index in [1.807, 2.05) is 13.8 Å². The average molecular weight is 148 g/mol. The Balaban J connectivity index is 2.78. The van der Waals surface area contributed by atoms with E-state index in [0.29, 0.717) is 0 Å². The maximum Gasteiger partial charge on any atom is 0.127 e. The summed E-state index contributed by atoms with van der Waals surface area (Å²) in [4.78, 5) is 0. The Kier molecular flexibility index (Phi) is 1.70. The topological polar surface area (TPSA) is 9.23 Å². The molecule has 1 heteroatoms. The van der Waals surface area contributed by atoms with Gasteiger partial charge >= 0.3 is 0 Å². The molecule has 1 aliphatic heterocycles. The Morgan fingerprint density at radius 1 is 1.09 bits per heavy atom. The molecule has 0 aliphatic carbocycles. The third-order valence-corrected chi connectivity index (χ3v) is 2.14. The molecule has 1 fully saturated rings. The fourth-order valence-corrected chi connectivity index (χ4v) is 1.28. The molecule has 2 atom stereocenters. The molecule has 0 aromatic heterocycles. The highest BCUT2D eigenvalue weighted by molar-refractivity contribution is 5.18. The van der Waals surface area contributed by atoms with Gasteiger partial charge in [-0.3, -0.25) is 0 Å². The summed E-state index contributed by atoms with van der Waals surface area (Å²) in [5.41, 5.74) is -0.887. The molecule has 1 nitrogen and oxygen atoms in total. The standard InChI is InChI=1S/C10H12O/c1-5-9(3)7-8-10(4,6-2)11-9/h1-2H,7-8H2,3-4H3. The van der Waals surface area contributed by atoms with Crippen LogP contribution >= 0.6 is 0 Å². The van der Waals surface area contributed by atoms with Crippen molar-refractivity contribution in [2.24, 2.45) is 0 Å². The van der Waals surface area contributed by atoms with Gasteiger partial charge in [0.15, 0.2) is 0 Å². The van der Waals surface area contributed by atoms with Crippen molar-refractivity contribution in [2.75, 3.05) is 0 Å². The highest BCUT2D eigenvalue weighted by Crippen LogP contribution is 2.36. The lowest BCUT2D eigenvalue weighted by atomic mass is 9.99. The van der Waals surface area contributed by atoms with Crippen LogP contribution in [0.5, 0.6) is 0 Å². The van der Waals surface area contributed by atoms with Gasteiger partial charge in [0.25, 0.3) is 0 Å². The van der Waals surface area contributed by atoms with E-state index in [9.17, 15) is 0 Å². The van der Waals surface area contributed by atoms with E-state index in [1.165, 1.54) is 0 Å². The molecule has 0 aromatic carbocycles. The predicted octanol–water partition coefficient (Wildman–Crippen LogP) is 1.58. The van der Waals surface area contributed by atoms with Crippen molar-refractivity contribution >= 4 is 0 Å². The van der Waals surface area contributed by atoms with Gasteiger partial charge < -0.3 is 4.74 Å². The van der Waals surface area contributed by atoms with Crippen molar-refractivity contribution in [3.8, 4) is 24.7 Å². The summed E-state index contributed by atoms with van der Waals surface area (Å²) in [5.74, 6) is 5.22. The average Bonchev–Trinajstić information content (AvgIpc) is 2.30. The molecule has 0 saturated carbocycles. The summed E-state index contributed by atoms with van der Waals surface area (Å²) in [6.45, 7) is 3.80. The molecule has 2 unspecified atom stereocenters. The van der Waals surface area contributed by atoms with Crippen LogP contribution in [0.2, 0.25) is 0 Å². The van der Waals surface area contributed by atoms with E-state index in [0.717, 1.165) is 12.8 Å². The van der Waals surface area contributed by atoms with Crippen LogP contribution in [0.15, 0.2) is 0 Å². The summed E-state index contributed by atoms with van der Waals surface area (Å²) < 4.78 is 5.56. The lowest BCUT2D eigenvalue weighted by molar-refractivity contribution is -0.0190. The zero-order valence-electron chi connectivity index (χ0n) is 6.98. The maximum atomic E-state index is 5.56. The minimum Gasteiger partial charge on any atom is -0.344 e. The van der Waals surface area contributed by atoms with E-state index in [-0.39, 0.29) is 0 Å². The van der Waals surface area contributed by atoms with Crippen molar-refractivity contribution < 1.29 is 4.74 Å². The molecule has 0 aromatic rings. The fraction of sp³-hybridized carbons (Fsp3) is 0.600. The SMILES string of the molecule is C#CC1(C)CCC(C)(C#C)O1. The number of hydrogen-bond acceptors (Lipinski definition) is 1. The molecule has 1 rings (SSSR count). The summed E-state index contributed by atoms with van der Waals surface area (Å²) >= 11 is 0. The van der Waals surface area contributed by atoms with Crippen molar-refractivity contribution in [2.45, 2.75) is 37.9 Å². The van der Waals surface area contributed by atoms with Crippen LogP contribution in [-0.4, -0.2) is 11.2 Å². The smallest absolute Gasteiger partial charge is 0.127 e. The molecule has 58 valence electrons. The predicted molar refractivity (Wildman–Crippen MR) is 44.8 cm³/mol. The first-order valence-electron chi connectivity index (χ1n) is 3.69. The molecule has 1 heterocycles. The first kappa shape index (κ1) is 8.18. The third kappa shape index (κ3) is 1.39. The molecule has 0 N–H and O–H groups in total. The monoisotopic (exact) mass is 148 g/mol. The van der Waals surface area contributed by atoms with Gasteiger partial charge in [0.05, 0.1) is 0 Å². The highest BCUT2D eigenvalue weighted by atomic mass is 16.5. The quantitative estimate of drug-likeness (QED) is 0.474. The Labute approximate surface area is 68.1 Å². The van der Waals surface area contributed by atoms with Crippen LogP contribution in [0.3, 0.4) is 0 Å². The molecule has 0 bridgehead atoms. The Morgan fingerprint density at radius 2 is 1.45 bits per heavy atom. The van der Waals surface area contributed by atoms with Crippen LogP contribution < -0.4 is 0 Å². The van der Waals surface area contributed by atoms with Crippen molar-refractivity contribution in [1.29, 1.82) is 0 Å². The zero-order chi connectivity index (χ0) is 8.54. The van der Waals surface area contributed by atoms with Gasteiger partial charge in [-0.1, -0.05) is 11.8 Å². The first-order chi connectivity index (χ1) is 5.04. The van der Waals surface area contributed by atoms with Crippen molar-refractivity contribution in [3.05, 3.63) is 0 Å². The first-order valence-corrected chi connectivity index (χ1v) is 3.69. The molecule has 0 amide bonds. The van der Waals surface area contributed by atoms with Gasteiger partial charge in [-0.25, -0.2) is 0 Å². The van der Waals surface area contributed by atoms with Gasteiger partial charge in [0, 0.05) is 0 Å². The molecule has 1 aliphatic rings. The fourth-order valence-electron chi connectivity index (χ4n) is 1.28. The number of rotatable bonds is 0. The Hall–Kier alpha value is -0.920. The van der Waals surface area contributed by atoms with Gasteiger partial charge in [-0.15, -0.1) is 12.8 Å². The second-order valence-corrected chi connectivity index (χ2v) is 3.35. The van der Waals surface area contributed by atoms with Crippen molar-refractivity contribution in [3.63, 3.8) is 0 Å². The largest absolute Gasteiger partial charge is 0.344 e. The van der Waals surface area contributed by atoms with Crippen LogP contribution in [-0.2, 0) is 4.74 Å². The number of hydrogen-bond donors (Lipinski definition) is 0. The van der Waals surface area contributed by atoms with Crippen LogP contribution in [0.25, 0.3) is 0 Å². The van der Waals surface area contributed by atoms with E-state index >= 15 is 0 Å². The summed E-state index contributed by atoms with van der Waals surface area (Å²) in [6.07, 6.45) is 12.3. The number of ether oxygens (including phenoxy) is 1. The van der Waals surface area contributed by atoms with Gasteiger partial charge in [0.2, 0.25) is 0 Å². The maximum absolute atomic E-state index is 5.56. The number of terminal acetylenes is 2. The van der Waals surface area contributed by atoms with Gasteiger partial charge in [0.1, 0.15) is 11.2 Å². The molecule has 1 saturated heterocycles. The lowest BCUT2D eigenvalue weighted by Gasteiger charge is -2.21. The molecular formula is C10H12O. The van der Waals surface area contributed by atoms with E-state index in [2.05, 4.69) is 11.8 Å². The van der Waals surface area contributed by atoms with Crippen LogP contribution in [0.4, 0.5) is 0 Å². The minimum absolute atomic E-state index is 0.443. The third-order valence-electron chi connectivity index (χ3n) is 2.14. The Bertz CT molecular complexity index is 217. The normalized spacial score (nSPS) is 42.9. The molecular weight excluding hydrogens is 136 g/mol. The summed E-state index contributed by atoms with van der Waals surface area (Å²) in [6, 6.07) is 0. The zero-order valence-corrected chi connectivity index (χ0v) is 6.98. The molecule has 0 spiro atoms. The van der Waals surface area contributed by atoms with Crippen LogP contribution in [0.1, 0.15) is 26.7 Å². The van der Waals surface area contributed by atoms with Gasteiger partial charge in [-0.05, 0) is 26.7 Å². The summed E-state index contributed by atoms with van der Waals surface area (Å²) in [5, 5.41) is 0. The molecule has 0 radical (unpaired) electrons. The second kappa shape index (κ2) is 2.29. The second-order valence-electron chi connectivity index (χ2n) is 3.35. The minimum atomic E-state index is -0.443. The Morgan fingerprint density at radius 3 is 1.64 bits per heavy atom. The molecule has 11 heavy (non-hydrogen) atoms.